The Morgan fingerprint density at radius 2 is 2.10 bits per heavy atom. The predicted molar refractivity (Wildman–Crippen MR) is 80.3 cm³/mol. The maximum Gasteiger partial charge on any atom is 0.216 e. The third-order valence-corrected chi connectivity index (χ3v) is 2.83. The first-order valence-corrected chi connectivity index (χ1v) is 6.74. The van der Waals surface area contributed by atoms with E-state index in [1.807, 2.05) is 24.3 Å². The Bertz CT molecular complexity index is 572. The molecule has 1 heterocycles. The van der Waals surface area contributed by atoms with E-state index in [1.165, 1.54) is 5.56 Å². The number of aryl methyl sites for hydroxylation is 1. The second kappa shape index (κ2) is 6.75. The van der Waals surface area contributed by atoms with E-state index in [1.54, 1.807) is 6.20 Å². The normalized spacial score (nSPS) is 11.6. The summed E-state index contributed by atoms with van der Waals surface area (Å²) in [7, 11) is 0. The molecule has 3 N–H and O–H groups in total. The molecule has 2 rings (SSSR count). The minimum atomic E-state index is 0.342. The van der Waals surface area contributed by atoms with Crippen molar-refractivity contribution in [1.82, 2.24) is 10.3 Å². The highest BCUT2D eigenvalue weighted by molar-refractivity contribution is 5.77. The lowest BCUT2D eigenvalue weighted by molar-refractivity contribution is 0.509. The number of nitrogens with two attached hydrogens (primary N) is 1. The summed E-state index contributed by atoms with van der Waals surface area (Å²) >= 11 is 0. The van der Waals surface area contributed by atoms with Crippen LogP contribution in [0.3, 0.4) is 0 Å². The molecule has 0 saturated heterocycles. The zero-order valence-electron chi connectivity index (χ0n) is 11.9. The first-order valence-electron chi connectivity index (χ1n) is 6.74. The Morgan fingerprint density at radius 1 is 1.35 bits per heavy atom. The summed E-state index contributed by atoms with van der Waals surface area (Å²) in [6.45, 7) is 5.28. The fourth-order valence-electron chi connectivity index (χ4n) is 1.70. The molecule has 0 atom stereocenters. The number of oxazole rings is 1. The van der Waals surface area contributed by atoms with Crippen LogP contribution >= 0.6 is 0 Å². The smallest absolute Gasteiger partial charge is 0.216 e. The molecule has 0 aliphatic rings. The molecular weight excluding hydrogens is 252 g/mol. The maximum atomic E-state index is 5.71. The van der Waals surface area contributed by atoms with Crippen LogP contribution in [0.4, 0.5) is 0 Å². The summed E-state index contributed by atoms with van der Waals surface area (Å²) in [5.41, 5.74) is 7.94. The van der Waals surface area contributed by atoms with Crippen molar-refractivity contribution in [3.63, 3.8) is 0 Å². The molecule has 0 saturated carbocycles. The van der Waals surface area contributed by atoms with Gasteiger partial charge < -0.3 is 15.5 Å². The summed E-state index contributed by atoms with van der Waals surface area (Å²) in [6, 6.07) is 8.12. The van der Waals surface area contributed by atoms with Crippen molar-refractivity contribution in [2.75, 3.05) is 6.54 Å². The van der Waals surface area contributed by atoms with Crippen LogP contribution in [0.5, 0.6) is 0 Å². The number of rotatable bonds is 5. The number of hydrogen-bond acceptors (Lipinski definition) is 3. The van der Waals surface area contributed by atoms with Crippen molar-refractivity contribution in [2.45, 2.75) is 26.8 Å². The van der Waals surface area contributed by atoms with E-state index in [0.29, 0.717) is 18.4 Å². The first kappa shape index (κ1) is 14.1. The zero-order chi connectivity index (χ0) is 14.4. The fraction of sp³-hybridized carbons (Fsp3) is 0.333. The first-order chi connectivity index (χ1) is 9.69. The molecule has 0 amide bonds. The summed E-state index contributed by atoms with van der Waals surface area (Å²) in [5.74, 6) is 1.72. The van der Waals surface area contributed by atoms with Crippen molar-refractivity contribution in [1.29, 1.82) is 0 Å². The van der Waals surface area contributed by atoms with Crippen LogP contribution in [0.25, 0.3) is 11.3 Å². The van der Waals surface area contributed by atoms with Gasteiger partial charge in [-0.15, -0.1) is 0 Å². The van der Waals surface area contributed by atoms with Gasteiger partial charge in [0, 0.05) is 12.1 Å². The van der Waals surface area contributed by atoms with Crippen LogP contribution in [-0.2, 0) is 6.54 Å². The Morgan fingerprint density at radius 3 is 2.80 bits per heavy atom. The Labute approximate surface area is 118 Å². The lowest BCUT2D eigenvalue weighted by Gasteiger charge is -2.01. The van der Waals surface area contributed by atoms with Gasteiger partial charge in [0.25, 0.3) is 0 Å². The SMILES string of the molecule is CCCNC(N)=NCc1ncc(-c2ccc(C)cc2)o1. The van der Waals surface area contributed by atoms with Crippen LogP contribution in [0.1, 0.15) is 24.8 Å². The molecule has 0 aliphatic heterocycles. The van der Waals surface area contributed by atoms with Gasteiger partial charge in [-0.2, -0.15) is 0 Å². The summed E-state index contributed by atoms with van der Waals surface area (Å²) in [6.07, 6.45) is 2.72. The third kappa shape index (κ3) is 3.85. The number of nitrogens with zero attached hydrogens (tertiary/aromatic N) is 2. The molecule has 106 valence electrons. The minimum absolute atomic E-state index is 0.342. The van der Waals surface area contributed by atoms with E-state index >= 15 is 0 Å². The van der Waals surface area contributed by atoms with E-state index in [2.05, 4.69) is 29.1 Å². The molecule has 5 heteroatoms. The average molecular weight is 272 g/mol. The topological polar surface area (TPSA) is 76.4 Å². The van der Waals surface area contributed by atoms with E-state index in [4.69, 9.17) is 10.2 Å². The molecule has 1 aromatic heterocycles. The highest BCUT2D eigenvalue weighted by atomic mass is 16.4. The van der Waals surface area contributed by atoms with E-state index in [9.17, 15) is 0 Å². The largest absolute Gasteiger partial charge is 0.439 e. The van der Waals surface area contributed by atoms with Gasteiger partial charge in [-0.3, -0.25) is 0 Å². The van der Waals surface area contributed by atoms with E-state index in [0.717, 1.165) is 24.3 Å². The molecule has 20 heavy (non-hydrogen) atoms. The van der Waals surface area contributed by atoms with Crippen LogP contribution < -0.4 is 11.1 Å². The van der Waals surface area contributed by atoms with Crippen molar-refractivity contribution >= 4 is 5.96 Å². The van der Waals surface area contributed by atoms with Crippen molar-refractivity contribution in [3.05, 3.63) is 41.9 Å². The summed E-state index contributed by atoms with van der Waals surface area (Å²) in [4.78, 5) is 8.39. The number of guanidine groups is 1. The maximum absolute atomic E-state index is 5.71. The van der Waals surface area contributed by atoms with E-state index < -0.39 is 0 Å². The molecule has 0 unspecified atom stereocenters. The number of aliphatic imine (C=N–C) groups is 1. The number of benzene rings is 1. The number of nitrogens with one attached hydrogen (secondary N) is 1. The predicted octanol–water partition coefficient (Wildman–Crippen LogP) is 2.46. The van der Waals surface area contributed by atoms with Crippen LogP contribution in [0.2, 0.25) is 0 Å². The van der Waals surface area contributed by atoms with Crippen LogP contribution in [-0.4, -0.2) is 17.5 Å². The Balaban J connectivity index is 2.00. The lowest BCUT2D eigenvalue weighted by Crippen LogP contribution is -2.32. The van der Waals surface area contributed by atoms with Crippen molar-refractivity contribution in [2.24, 2.45) is 10.7 Å². The second-order valence-electron chi connectivity index (χ2n) is 4.61. The minimum Gasteiger partial charge on any atom is -0.439 e. The molecular formula is C15H20N4O. The van der Waals surface area contributed by atoms with Crippen LogP contribution in [0, 0.1) is 6.92 Å². The number of hydrogen-bond donors (Lipinski definition) is 2. The molecule has 0 fully saturated rings. The van der Waals surface area contributed by atoms with Gasteiger partial charge in [0.2, 0.25) is 5.89 Å². The fourth-order valence-corrected chi connectivity index (χ4v) is 1.70. The van der Waals surface area contributed by atoms with E-state index in [-0.39, 0.29) is 0 Å². The van der Waals surface area contributed by atoms with Gasteiger partial charge in [0.05, 0.1) is 6.20 Å². The quantitative estimate of drug-likeness (QED) is 0.647. The van der Waals surface area contributed by atoms with Gasteiger partial charge in [-0.1, -0.05) is 36.8 Å². The molecule has 0 aliphatic carbocycles. The van der Waals surface area contributed by atoms with Gasteiger partial charge in [-0.25, -0.2) is 9.98 Å². The third-order valence-electron chi connectivity index (χ3n) is 2.83. The van der Waals surface area contributed by atoms with Crippen LogP contribution in [0.15, 0.2) is 39.9 Å². The molecule has 0 radical (unpaired) electrons. The molecule has 1 aromatic carbocycles. The molecule has 5 nitrogen and oxygen atoms in total. The standard InChI is InChI=1S/C15H20N4O/c1-3-8-17-15(16)19-10-14-18-9-13(20-14)12-6-4-11(2)5-7-12/h4-7,9H,3,8,10H2,1-2H3,(H3,16,17,19). The van der Waals surface area contributed by atoms with Gasteiger partial charge in [0.15, 0.2) is 11.7 Å². The Kier molecular flexibility index (Phi) is 4.76. The lowest BCUT2D eigenvalue weighted by atomic mass is 10.1. The molecule has 0 bridgehead atoms. The summed E-state index contributed by atoms with van der Waals surface area (Å²) < 4.78 is 5.66. The summed E-state index contributed by atoms with van der Waals surface area (Å²) in [5, 5.41) is 3.01. The van der Waals surface area contributed by atoms with Crippen molar-refractivity contribution < 1.29 is 4.42 Å². The van der Waals surface area contributed by atoms with Crippen molar-refractivity contribution in [3.8, 4) is 11.3 Å². The highest BCUT2D eigenvalue weighted by Gasteiger charge is 2.05. The van der Waals surface area contributed by atoms with Gasteiger partial charge in [-0.05, 0) is 13.3 Å². The Hall–Kier alpha value is -2.30. The second-order valence-corrected chi connectivity index (χ2v) is 4.61. The zero-order valence-corrected chi connectivity index (χ0v) is 11.9. The number of aromatic nitrogens is 1. The monoisotopic (exact) mass is 272 g/mol. The molecule has 2 aromatic rings. The van der Waals surface area contributed by atoms with Gasteiger partial charge >= 0.3 is 0 Å². The average Bonchev–Trinajstić information content (AvgIpc) is 2.92. The molecule has 0 spiro atoms. The van der Waals surface area contributed by atoms with Gasteiger partial charge in [0.1, 0.15) is 6.54 Å². The highest BCUT2D eigenvalue weighted by Crippen LogP contribution is 2.20.